The van der Waals surface area contributed by atoms with Crippen molar-refractivity contribution in [2.75, 3.05) is 5.32 Å². The van der Waals surface area contributed by atoms with Gasteiger partial charge in [0.1, 0.15) is 0 Å². The average Bonchev–Trinajstić information content (AvgIpc) is 2.69. The molecule has 2 aromatic carbocycles. The van der Waals surface area contributed by atoms with Crippen LogP contribution in [-0.4, -0.2) is 10.9 Å². The summed E-state index contributed by atoms with van der Waals surface area (Å²) in [4.78, 5) is 17.7. The molecule has 0 atom stereocenters. The van der Waals surface area contributed by atoms with Crippen LogP contribution in [0, 0.1) is 0 Å². The Morgan fingerprint density at radius 2 is 1.69 bits per heavy atom. The number of rotatable bonds is 7. The summed E-state index contributed by atoms with van der Waals surface area (Å²) < 4.78 is 0. The van der Waals surface area contributed by atoms with Crippen LogP contribution >= 0.6 is 11.8 Å². The number of aryl methyl sites for hydroxylation is 1. The van der Waals surface area contributed by atoms with Gasteiger partial charge in [-0.15, -0.1) is 11.8 Å². The predicted octanol–water partition coefficient (Wildman–Crippen LogP) is 5.58. The first kappa shape index (κ1) is 18.2. The summed E-state index contributed by atoms with van der Waals surface area (Å²) in [6.07, 6.45) is 5.75. The lowest BCUT2D eigenvalue weighted by molar-refractivity contribution is 0.102. The van der Waals surface area contributed by atoms with Crippen LogP contribution in [0.3, 0.4) is 0 Å². The first-order chi connectivity index (χ1) is 12.8. The second kappa shape index (κ2) is 9.20. The Morgan fingerprint density at radius 3 is 2.42 bits per heavy atom. The van der Waals surface area contributed by atoms with Crippen LogP contribution in [0.1, 0.15) is 34.8 Å². The first-order valence-corrected chi connectivity index (χ1v) is 9.76. The number of pyridine rings is 1. The van der Waals surface area contributed by atoms with Gasteiger partial charge in [-0.05, 0) is 53.9 Å². The smallest absolute Gasteiger partial charge is 0.256 e. The van der Waals surface area contributed by atoms with Crippen LogP contribution in [0.4, 0.5) is 5.69 Å². The minimum Gasteiger partial charge on any atom is -0.322 e. The van der Waals surface area contributed by atoms with Gasteiger partial charge in [0.2, 0.25) is 0 Å². The number of nitrogens with zero attached hydrogens (tertiary/aromatic N) is 1. The number of benzene rings is 2. The number of nitrogens with one attached hydrogen (secondary N) is 1. The number of hydrogen-bond donors (Lipinski definition) is 1. The first-order valence-electron chi connectivity index (χ1n) is 8.77. The number of aromatic nitrogens is 1. The third kappa shape index (κ3) is 4.96. The van der Waals surface area contributed by atoms with Crippen LogP contribution in [0.25, 0.3) is 0 Å². The van der Waals surface area contributed by atoms with Gasteiger partial charge in [0.15, 0.2) is 0 Å². The maximum atomic E-state index is 12.7. The Hall–Kier alpha value is -2.59. The van der Waals surface area contributed by atoms with Crippen LogP contribution in [0.15, 0.2) is 78.0 Å². The molecule has 0 spiro atoms. The number of thioether (sulfide) groups is 1. The Bertz CT molecular complexity index is 848. The molecule has 0 unspecified atom stereocenters. The number of carbonyl (C=O) groups excluding carboxylic acids is 1. The zero-order valence-corrected chi connectivity index (χ0v) is 15.6. The molecule has 26 heavy (non-hydrogen) atoms. The van der Waals surface area contributed by atoms with Gasteiger partial charge in [0.05, 0.1) is 5.56 Å². The molecule has 132 valence electrons. The van der Waals surface area contributed by atoms with E-state index in [2.05, 4.69) is 29.4 Å². The van der Waals surface area contributed by atoms with Crippen molar-refractivity contribution in [3.8, 4) is 0 Å². The van der Waals surface area contributed by atoms with E-state index in [1.54, 1.807) is 24.2 Å². The molecule has 1 N–H and O–H groups in total. The van der Waals surface area contributed by atoms with Gasteiger partial charge < -0.3 is 5.32 Å². The van der Waals surface area contributed by atoms with Gasteiger partial charge in [-0.3, -0.25) is 9.78 Å². The summed E-state index contributed by atoms with van der Waals surface area (Å²) in [5, 5.41) is 3.00. The molecular weight excluding hydrogens is 340 g/mol. The van der Waals surface area contributed by atoms with E-state index in [-0.39, 0.29) is 5.91 Å². The fourth-order valence-electron chi connectivity index (χ4n) is 2.66. The van der Waals surface area contributed by atoms with Crippen LogP contribution in [0.2, 0.25) is 0 Å². The molecule has 3 nitrogen and oxygen atoms in total. The van der Waals surface area contributed by atoms with Crippen LogP contribution < -0.4 is 5.32 Å². The molecule has 1 heterocycles. The lowest BCUT2D eigenvalue weighted by Crippen LogP contribution is -2.13. The molecular formula is C22H22N2OS. The molecule has 0 saturated heterocycles. The molecule has 1 aromatic heterocycles. The number of hydrogen-bond acceptors (Lipinski definition) is 3. The van der Waals surface area contributed by atoms with Gasteiger partial charge in [-0.1, -0.05) is 37.6 Å². The second-order valence-electron chi connectivity index (χ2n) is 6.04. The fourth-order valence-corrected chi connectivity index (χ4v) is 3.67. The van der Waals surface area contributed by atoms with Crippen molar-refractivity contribution in [3.63, 3.8) is 0 Å². The Labute approximate surface area is 158 Å². The lowest BCUT2D eigenvalue weighted by atomic mass is 10.1. The molecule has 3 aromatic rings. The third-order valence-corrected chi connectivity index (χ3v) is 5.17. The molecule has 1 amide bonds. The van der Waals surface area contributed by atoms with E-state index in [9.17, 15) is 4.79 Å². The maximum absolute atomic E-state index is 12.7. The van der Waals surface area contributed by atoms with Gasteiger partial charge in [0.25, 0.3) is 5.91 Å². The zero-order chi connectivity index (χ0) is 18.2. The summed E-state index contributed by atoms with van der Waals surface area (Å²) in [6, 6.07) is 19.8. The quantitative estimate of drug-likeness (QED) is 0.558. The van der Waals surface area contributed by atoms with Gasteiger partial charge in [-0.2, -0.15) is 0 Å². The molecule has 4 heteroatoms. The Morgan fingerprint density at radius 1 is 0.962 bits per heavy atom. The van der Waals surface area contributed by atoms with Crippen molar-refractivity contribution in [1.29, 1.82) is 0 Å². The average molecular weight is 362 g/mol. The molecule has 0 aliphatic rings. The summed E-state index contributed by atoms with van der Waals surface area (Å²) in [5.74, 6) is 0.726. The van der Waals surface area contributed by atoms with Crippen molar-refractivity contribution in [1.82, 2.24) is 4.98 Å². The highest BCUT2D eigenvalue weighted by molar-refractivity contribution is 7.98. The van der Waals surface area contributed by atoms with Crippen molar-refractivity contribution >= 4 is 23.4 Å². The van der Waals surface area contributed by atoms with E-state index in [1.807, 2.05) is 48.5 Å². The SMILES string of the molecule is CCCc1ccc(NC(=O)c2ccccc2SCc2ccncc2)cc1. The molecule has 0 bridgehead atoms. The van der Waals surface area contributed by atoms with Gasteiger partial charge in [0, 0.05) is 28.7 Å². The van der Waals surface area contributed by atoms with Crippen molar-refractivity contribution in [2.45, 2.75) is 30.4 Å². The van der Waals surface area contributed by atoms with E-state index < -0.39 is 0 Å². The normalized spacial score (nSPS) is 10.5. The van der Waals surface area contributed by atoms with E-state index >= 15 is 0 Å². The summed E-state index contributed by atoms with van der Waals surface area (Å²) in [5.41, 5.74) is 4.00. The molecule has 0 aliphatic heterocycles. The Kier molecular flexibility index (Phi) is 6.45. The highest BCUT2D eigenvalue weighted by Crippen LogP contribution is 2.27. The van der Waals surface area contributed by atoms with Gasteiger partial charge in [-0.25, -0.2) is 0 Å². The van der Waals surface area contributed by atoms with Crippen LogP contribution in [0.5, 0.6) is 0 Å². The lowest BCUT2D eigenvalue weighted by Gasteiger charge is -2.10. The molecule has 0 aliphatic carbocycles. The predicted molar refractivity (Wildman–Crippen MR) is 109 cm³/mol. The number of anilines is 1. The molecule has 0 radical (unpaired) electrons. The second-order valence-corrected chi connectivity index (χ2v) is 7.06. The monoisotopic (exact) mass is 362 g/mol. The minimum atomic E-state index is -0.0777. The van der Waals surface area contributed by atoms with Crippen molar-refractivity contribution < 1.29 is 4.79 Å². The minimum absolute atomic E-state index is 0.0777. The van der Waals surface area contributed by atoms with Crippen molar-refractivity contribution in [3.05, 3.63) is 89.7 Å². The van der Waals surface area contributed by atoms with E-state index in [1.165, 1.54) is 11.1 Å². The molecule has 3 rings (SSSR count). The molecule has 0 fully saturated rings. The highest BCUT2D eigenvalue weighted by atomic mass is 32.2. The topological polar surface area (TPSA) is 42.0 Å². The molecule has 0 saturated carbocycles. The third-order valence-electron chi connectivity index (χ3n) is 4.03. The summed E-state index contributed by atoms with van der Waals surface area (Å²) in [7, 11) is 0. The van der Waals surface area contributed by atoms with Gasteiger partial charge >= 0.3 is 0 Å². The largest absolute Gasteiger partial charge is 0.322 e. The number of amides is 1. The van der Waals surface area contributed by atoms with E-state index in [4.69, 9.17) is 0 Å². The van der Waals surface area contributed by atoms with E-state index in [0.29, 0.717) is 5.56 Å². The Balaban J connectivity index is 1.69. The van der Waals surface area contributed by atoms with Crippen molar-refractivity contribution in [2.24, 2.45) is 0 Å². The highest BCUT2D eigenvalue weighted by Gasteiger charge is 2.12. The zero-order valence-electron chi connectivity index (χ0n) is 14.8. The standard InChI is InChI=1S/C22H22N2OS/c1-2-5-17-8-10-19(11-9-17)24-22(25)20-6-3-4-7-21(20)26-16-18-12-14-23-15-13-18/h3-4,6-15H,2,5,16H2,1H3,(H,24,25). The van der Waals surface area contributed by atoms with Crippen LogP contribution in [-0.2, 0) is 12.2 Å². The van der Waals surface area contributed by atoms with E-state index in [0.717, 1.165) is 29.2 Å². The summed E-state index contributed by atoms with van der Waals surface area (Å²) >= 11 is 1.66. The fraction of sp³-hybridized carbons (Fsp3) is 0.182. The number of carbonyl (C=O) groups is 1. The maximum Gasteiger partial charge on any atom is 0.256 e. The summed E-state index contributed by atoms with van der Waals surface area (Å²) in [6.45, 7) is 2.16.